The number of rotatable bonds is 6. The van der Waals surface area contributed by atoms with Gasteiger partial charge in [0.05, 0.1) is 17.2 Å². The number of aliphatic hydroxyl groups is 1. The van der Waals surface area contributed by atoms with Crippen molar-refractivity contribution in [2.24, 2.45) is 5.92 Å². The molecular weight excluding hydrogens is 338 g/mol. The van der Waals surface area contributed by atoms with Crippen molar-refractivity contribution in [3.63, 3.8) is 0 Å². The average molecular weight is 366 g/mol. The minimum atomic E-state index is -0.361. The molecule has 1 aliphatic rings. The third-order valence-electron chi connectivity index (χ3n) is 4.23. The number of nitriles is 1. The van der Waals surface area contributed by atoms with Crippen LogP contribution < -0.4 is 4.90 Å². The quantitative estimate of drug-likeness (QED) is 0.785. The molecule has 25 heavy (non-hydrogen) atoms. The zero-order chi connectivity index (χ0) is 18.8. The fourth-order valence-corrected chi connectivity index (χ4v) is 3.08. The standard InChI is InChI=1S/C17H24ClN3.C2H4O2/c1-13(2)6-9-21(16-7-8-20(3)12-16)15-5-4-14(11-19)17(18)10-15;3-1-2-4/h4-5,10,13,16H,6-9,12H2,1-3H3;1,4H,2H2. The molecule has 1 unspecified atom stereocenters. The zero-order valence-corrected chi connectivity index (χ0v) is 16.0. The normalized spacial score (nSPS) is 16.9. The second-order valence-electron chi connectivity index (χ2n) is 6.71. The molecular formula is C19H28ClN3O2. The van der Waals surface area contributed by atoms with Crippen molar-refractivity contribution in [3.8, 4) is 6.07 Å². The van der Waals surface area contributed by atoms with E-state index in [9.17, 15) is 0 Å². The highest BCUT2D eigenvalue weighted by Gasteiger charge is 2.26. The molecule has 1 N–H and O–H groups in total. The maximum absolute atomic E-state index is 9.02. The van der Waals surface area contributed by atoms with E-state index in [-0.39, 0.29) is 6.61 Å². The van der Waals surface area contributed by atoms with Crippen molar-refractivity contribution in [1.29, 1.82) is 5.26 Å². The van der Waals surface area contributed by atoms with E-state index < -0.39 is 0 Å². The van der Waals surface area contributed by atoms with Crippen molar-refractivity contribution in [3.05, 3.63) is 28.8 Å². The van der Waals surface area contributed by atoms with Gasteiger partial charge in [-0.15, -0.1) is 0 Å². The lowest BCUT2D eigenvalue weighted by Crippen LogP contribution is -2.38. The highest BCUT2D eigenvalue weighted by atomic mass is 35.5. The lowest BCUT2D eigenvalue weighted by atomic mass is 10.1. The van der Waals surface area contributed by atoms with Gasteiger partial charge in [-0.3, -0.25) is 0 Å². The van der Waals surface area contributed by atoms with Crippen molar-refractivity contribution < 1.29 is 9.90 Å². The lowest BCUT2D eigenvalue weighted by Gasteiger charge is -2.32. The van der Waals surface area contributed by atoms with Crippen LogP contribution in [-0.2, 0) is 4.79 Å². The molecule has 1 aromatic rings. The van der Waals surface area contributed by atoms with Crippen molar-refractivity contribution in [1.82, 2.24) is 4.90 Å². The molecule has 0 spiro atoms. The van der Waals surface area contributed by atoms with Crippen LogP contribution in [0.5, 0.6) is 0 Å². The van der Waals surface area contributed by atoms with Crippen LogP contribution >= 0.6 is 11.6 Å². The van der Waals surface area contributed by atoms with E-state index in [0.29, 0.717) is 28.8 Å². The number of likely N-dealkylation sites (tertiary alicyclic amines) is 1. The first-order chi connectivity index (χ1) is 11.9. The van der Waals surface area contributed by atoms with Crippen LogP contribution in [0.15, 0.2) is 18.2 Å². The Morgan fingerprint density at radius 1 is 1.52 bits per heavy atom. The Morgan fingerprint density at radius 3 is 2.64 bits per heavy atom. The average Bonchev–Trinajstić information content (AvgIpc) is 3.01. The lowest BCUT2D eigenvalue weighted by molar-refractivity contribution is -0.110. The number of hydrogen-bond donors (Lipinski definition) is 1. The van der Waals surface area contributed by atoms with E-state index >= 15 is 0 Å². The van der Waals surface area contributed by atoms with Crippen molar-refractivity contribution in [2.45, 2.75) is 32.7 Å². The Bertz CT molecular complexity index is 587. The number of carbonyl (C=O) groups is 1. The first kappa shape index (κ1) is 21.4. The first-order valence-electron chi connectivity index (χ1n) is 8.62. The van der Waals surface area contributed by atoms with Gasteiger partial charge in [-0.25, -0.2) is 0 Å². The Kier molecular flexibility index (Phi) is 9.51. The van der Waals surface area contributed by atoms with Gasteiger partial charge in [0.1, 0.15) is 12.4 Å². The number of hydrogen-bond acceptors (Lipinski definition) is 5. The molecule has 1 saturated heterocycles. The fraction of sp³-hybridized carbons (Fsp3) is 0.579. The molecule has 1 aliphatic heterocycles. The Labute approximate surface area is 155 Å². The molecule has 2 rings (SSSR count). The van der Waals surface area contributed by atoms with Gasteiger partial charge >= 0.3 is 0 Å². The smallest absolute Gasteiger partial charge is 0.145 e. The van der Waals surface area contributed by atoms with Crippen molar-refractivity contribution in [2.75, 3.05) is 38.2 Å². The van der Waals surface area contributed by atoms with Crippen LogP contribution in [0.2, 0.25) is 5.02 Å². The molecule has 1 atom stereocenters. The summed E-state index contributed by atoms with van der Waals surface area (Å²) in [7, 11) is 2.17. The molecule has 0 bridgehead atoms. The Balaban J connectivity index is 0.000000705. The summed E-state index contributed by atoms with van der Waals surface area (Å²) in [5.74, 6) is 0.681. The molecule has 138 valence electrons. The summed E-state index contributed by atoms with van der Waals surface area (Å²) in [5.41, 5.74) is 1.69. The highest BCUT2D eigenvalue weighted by molar-refractivity contribution is 6.32. The number of benzene rings is 1. The second-order valence-corrected chi connectivity index (χ2v) is 7.11. The molecule has 0 aromatic heterocycles. The third-order valence-corrected chi connectivity index (χ3v) is 4.55. The number of nitrogens with zero attached hydrogens (tertiary/aromatic N) is 3. The van der Waals surface area contributed by atoms with E-state index in [1.54, 1.807) is 0 Å². The maximum atomic E-state index is 9.02. The van der Waals surface area contributed by atoms with Gasteiger partial charge in [-0.1, -0.05) is 25.4 Å². The van der Waals surface area contributed by atoms with E-state index in [4.69, 9.17) is 26.8 Å². The van der Waals surface area contributed by atoms with Gasteiger partial charge in [-0.2, -0.15) is 5.26 Å². The molecule has 0 saturated carbocycles. The van der Waals surface area contributed by atoms with Gasteiger partial charge in [0, 0.05) is 24.8 Å². The molecule has 0 radical (unpaired) electrons. The van der Waals surface area contributed by atoms with Crippen LogP contribution in [-0.4, -0.2) is 55.6 Å². The Morgan fingerprint density at radius 2 is 2.20 bits per heavy atom. The number of carbonyl (C=O) groups excluding carboxylic acids is 1. The van der Waals surface area contributed by atoms with Gasteiger partial charge < -0.3 is 19.7 Å². The molecule has 0 aliphatic carbocycles. The van der Waals surface area contributed by atoms with Crippen LogP contribution in [0.3, 0.4) is 0 Å². The number of aliphatic hydroxyl groups excluding tert-OH is 1. The van der Waals surface area contributed by atoms with E-state index in [1.807, 2.05) is 18.2 Å². The summed E-state index contributed by atoms with van der Waals surface area (Å²) >= 11 is 6.21. The monoisotopic (exact) mass is 365 g/mol. The molecule has 5 nitrogen and oxygen atoms in total. The van der Waals surface area contributed by atoms with Crippen LogP contribution in [0.25, 0.3) is 0 Å². The number of anilines is 1. The topological polar surface area (TPSA) is 67.6 Å². The summed E-state index contributed by atoms with van der Waals surface area (Å²) in [4.78, 5) is 13.8. The first-order valence-corrected chi connectivity index (χ1v) is 9.00. The summed E-state index contributed by atoms with van der Waals surface area (Å²) in [6, 6.07) is 8.48. The summed E-state index contributed by atoms with van der Waals surface area (Å²) in [5, 5.41) is 17.1. The maximum Gasteiger partial charge on any atom is 0.145 e. The van der Waals surface area contributed by atoms with Gasteiger partial charge in [0.25, 0.3) is 0 Å². The minimum Gasteiger partial charge on any atom is -0.389 e. The van der Waals surface area contributed by atoms with Crippen LogP contribution in [0.4, 0.5) is 5.69 Å². The molecule has 1 aromatic carbocycles. The van der Waals surface area contributed by atoms with Crippen molar-refractivity contribution >= 4 is 23.6 Å². The molecule has 1 heterocycles. The molecule has 0 amide bonds. The van der Waals surface area contributed by atoms with E-state index in [1.165, 1.54) is 6.42 Å². The molecule has 6 heteroatoms. The van der Waals surface area contributed by atoms with Gasteiger partial charge in [0.15, 0.2) is 0 Å². The number of likely N-dealkylation sites (N-methyl/N-ethyl adjacent to an activating group) is 1. The van der Waals surface area contributed by atoms with Gasteiger partial charge in [-0.05, 0) is 50.6 Å². The fourth-order valence-electron chi connectivity index (χ4n) is 2.86. The molecule has 1 fully saturated rings. The SMILES string of the molecule is CC(C)CCN(c1ccc(C#N)c(Cl)c1)C1CCN(C)C1.O=CCO. The summed E-state index contributed by atoms with van der Waals surface area (Å²) < 4.78 is 0. The Hall–Kier alpha value is -1.61. The van der Waals surface area contributed by atoms with Crippen LogP contribution in [0, 0.1) is 17.2 Å². The summed E-state index contributed by atoms with van der Waals surface area (Å²) in [6.07, 6.45) is 2.78. The summed E-state index contributed by atoms with van der Waals surface area (Å²) in [6.45, 7) is 7.43. The number of halogens is 1. The third kappa shape index (κ3) is 7.03. The van der Waals surface area contributed by atoms with Crippen LogP contribution in [0.1, 0.15) is 32.3 Å². The predicted octanol–water partition coefficient (Wildman–Crippen LogP) is 2.95. The van der Waals surface area contributed by atoms with Gasteiger partial charge in [0.2, 0.25) is 0 Å². The minimum absolute atomic E-state index is 0.361. The predicted molar refractivity (Wildman–Crippen MR) is 102 cm³/mol. The number of aldehydes is 1. The second kappa shape index (κ2) is 11.1. The van der Waals surface area contributed by atoms with E-state index in [0.717, 1.165) is 31.7 Å². The highest BCUT2D eigenvalue weighted by Crippen LogP contribution is 2.28. The largest absolute Gasteiger partial charge is 0.389 e. The zero-order valence-electron chi connectivity index (χ0n) is 15.3. The van der Waals surface area contributed by atoms with E-state index in [2.05, 4.69) is 36.8 Å².